The molecule has 0 amide bonds. The molecule has 216 valence electrons. The van der Waals surface area contributed by atoms with Gasteiger partial charge in [-0.25, -0.2) is 4.79 Å². The number of Topliss-reactive ketones (excluding diaryl/α,β-unsaturated/α-hetero) is 2. The van der Waals surface area contributed by atoms with Gasteiger partial charge in [-0.05, 0) is 103 Å². The molecule has 0 saturated heterocycles. The van der Waals surface area contributed by atoms with E-state index in [1.165, 1.54) is 6.92 Å². The third kappa shape index (κ3) is 3.71. The second-order valence-electron chi connectivity index (χ2n) is 15.3. The maximum Gasteiger partial charge on any atom is 0.372 e. The molecule has 4 fully saturated rings. The van der Waals surface area contributed by atoms with Gasteiger partial charge in [-0.3, -0.25) is 14.4 Å². The Hall–Kier alpha value is -1.98. The Bertz CT molecular complexity index is 1150. The van der Waals surface area contributed by atoms with E-state index in [1.807, 2.05) is 13.8 Å². The van der Waals surface area contributed by atoms with E-state index in [0.717, 1.165) is 56.1 Å². The normalized spacial score (nSPS) is 44.7. The van der Waals surface area contributed by atoms with Crippen LogP contribution < -0.4 is 0 Å². The maximum absolute atomic E-state index is 13.6. The van der Waals surface area contributed by atoms with Crippen LogP contribution in [0.15, 0.2) is 11.1 Å². The number of aliphatic carboxylic acids is 1. The van der Waals surface area contributed by atoms with Gasteiger partial charge in [-0.2, -0.15) is 0 Å². The van der Waals surface area contributed by atoms with Crippen LogP contribution in [0.1, 0.15) is 107 Å². The first-order chi connectivity index (χ1) is 18.0. The quantitative estimate of drug-likeness (QED) is 0.251. The smallest absolute Gasteiger partial charge is 0.372 e. The van der Waals surface area contributed by atoms with Crippen molar-refractivity contribution in [2.75, 3.05) is 0 Å². The number of hydrogen-bond donors (Lipinski definition) is 1. The van der Waals surface area contributed by atoms with E-state index in [1.54, 1.807) is 0 Å². The zero-order chi connectivity index (χ0) is 28.9. The number of ether oxygens (including phenoxy) is 1. The fourth-order valence-corrected chi connectivity index (χ4v) is 11.4. The highest BCUT2D eigenvalue weighted by molar-refractivity contribution is 6.39. The van der Waals surface area contributed by atoms with Gasteiger partial charge in [0.25, 0.3) is 5.78 Å². The molecule has 0 aromatic carbocycles. The van der Waals surface area contributed by atoms with Gasteiger partial charge in [0.15, 0.2) is 5.78 Å². The lowest BCUT2D eigenvalue weighted by atomic mass is 9.33. The molecule has 0 spiro atoms. The van der Waals surface area contributed by atoms with Gasteiger partial charge >= 0.3 is 11.9 Å². The van der Waals surface area contributed by atoms with Gasteiger partial charge in [0.2, 0.25) is 0 Å². The van der Waals surface area contributed by atoms with Crippen molar-refractivity contribution >= 4 is 23.5 Å². The van der Waals surface area contributed by atoms with E-state index >= 15 is 0 Å². The first kappa shape index (κ1) is 28.5. The van der Waals surface area contributed by atoms with E-state index in [0.29, 0.717) is 18.3 Å². The van der Waals surface area contributed by atoms with E-state index < -0.39 is 17.7 Å². The largest absolute Gasteiger partial charge is 0.475 e. The number of esters is 1. The first-order valence-electron chi connectivity index (χ1n) is 15.2. The van der Waals surface area contributed by atoms with Crippen LogP contribution in [0, 0.1) is 57.2 Å². The lowest BCUT2D eigenvalue weighted by Gasteiger charge is -2.71. The lowest BCUT2D eigenvalue weighted by Crippen LogP contribution is -2.65. The molecule has 0 radical (unpaired) electrons. The number of carbonyl (C=O) groups is 4. The Labute approximate surface area is 233 Å². The number of rotatable bonds is 4. The van der Waals surface area contributed by atoms with Gasteiger partial charge in [-0.15, -0.1) is 0 Å². The molecule has 4 saturated carbocycles. The highest BCUT2D eigenvalue weighted by atomic mass is 16.5. The number of allylic oxidation sites excluding steroid dienone is 2. The van der Waals surface area contributed by atoms with Gasteiger partial charge in [0, 0.05) is 12.3 Å². The Kier molecular flexibility index (Phi) is 6.59. The number of carboxylic acid groups (broad SMARTS) is 1. The van der Waals surface area contributed by atoms with Crippen LogP contribution in [0.25, 0.3) is 0 Å². The Morgan fingerprint density at radius 1 is 0.872 bits per heavy atom. The third-order valence-corrected chi connectivity index (χ3v) is 13.2. The molecule has 6 heteroatoms. The van der Waals surface area contributed by atoms with Crippen molar-refractivity contribution in [3.05, 3.63) is 11.1 Å². The average Bonchev–Trinajstić information content (AvgIpc) is 3.12. The Morgan fingerprint density at radius 2 is 1.51 bits per heavy atom. The number of ketones is 2. The average molecular weight is 541 g/mol. The Balaban J connectivity index is 1.54. The van der Waals surface area contributed by atoms with Crippen LogP contribution in [0.4, 0.5) is 0 Å². The predicted octanol–water partition coefficient (Wildman–Crippen LogP) is 6.41. The van der Waals surface area contributed by atoms with E-state index in [-0.39, 0.29) is 57.3 Å². The monoisotopic (exact) mass is 540 g/mol. The van der Waals surface area contributed by atoms with E-state index in [2.05, 4.69) is 34.6 Å². The SMILES string of the molecule is CC(=O)O[C@H]1CC[C@]2(C)[C@H]3CC[C@@H]4C5=C(C(C)C)C(=O)[C@@H](C(=O)C(=O)O)C5CC[C@@]4(C)[C@]3(C)CC[C@H]2C1(C)C. The van der Waals surface area contributed by atoms with Crippen LogP contribution in [-0.2, 0) is 23.9 Å². The van der Waals surface area contributed by atoms with Crippen molar-refractivity contribution in [2.45, 2.75) is 113 Å². The summed E-state index contributed by atoms with van der Waals surface area (Å²) in [6, 6.07) is 0. The van der Waals surface area contributed by atoms with Gasteiger partial charge in [0.05, 0.1) is 5.92 Å². The molecular formula is C33H48O6. The molecule has 9 atom stereocenters. The molecule has 1 unspecified atom stereocenters. The summed E-state index contributed by atoms with van der Waals surface area (Å²) in [4.78, 5) is 50.1. The molecule has 1 N–H and O–H groups in total. The number of carbonyl (C=O) groups excluding carboxylic acids is 3. The molecule has 0 aromatic heterocycles. The van der Waals surface area contributed by atoms with Gasteiger partial charge in [0.1, 0.15) is 6.10 Å². The molecular weight excluding hydrogens is 492 g/mol. The van der Waals surface area contributed by atoms with Crippen LogP contribution in [0.2, 0.25) is 0 Å². The minimum Gasteiger partial charge on any atom is -0.475 e. The molecule has 0 aromatic rings. The standard InChI is InChI=1S/C33H48O6/c1-17(2)24-25-19(26(27(24)35)28(36)29(37)38)11-15-32(7)20(25)9-10-22-31(6)14-13-23(39-18(3)34)30(4,5)21(31)12-16-33(22,32)8/h17,19-23,26H,9-16H2,1-8H3,(H,37,38)/t19?,20-,21+,22-,23+,26+,31+,32-,33-/m1/s1. The third-order valence-electron chi connectivity index (χ3n) is 13.2. The summed E-state index contributed by atoms with van der Waals surface area (Å²) in [6.07, 6.45) is 7.77. The highest BCUT2D eigenvalue weighted by Crippen LogP contribution is 2.75. The topological polar surface area (TPSA) is 97.7 Å². The van der Waals surface area contributed by atoms with Crippen molar-refractivity contribution in [3.63, 3.8) is 0 Å². The molecule has 0 heterocycles. The van der Waals surface area contributed by atoms with Gasteiger partial charge < -0.3 is 9.84 Å². The second kappa shape index (κ2) is 9.01. The highest BCUT2D eigenvalue weighted by Gasteiger charge is 2.69. The minimum atomic E-state index is -1.49. The van der Waals surface area contributed by atoms with Crippen LogP contribution in [-0.4, -0.2) is 34.7 Å². The second-order valence-corrected chi connectivity index (χ2v) is 15.3. The summed E-state index contributed by atoms with van der Waals surface area (Å²) in [5, 5.41) is 9.55. The zero-order valence-electron chi connectivity index (χ0n) is 25.2. The lowest BCUT2D eigenvalue weighted by molar-refractivity contribution is -0.231. The predicted molar refractivity (Wildman–Crippen MR) is 148 cm³/mol. The van der Waals surface area contributed by atoms with Gasteiger partial charge in [-0.1, -0.05) is 54.0 Å². The van der Waals surface area contributed by atoms with Crippen molar-refractivity contribution in [1.29, 1.82) is 0 Å². The van der Waals surface area contributed by atoms with Crippen molar-refractivity contribution in [2.24, 2.45) is 57.2 Å². The van der Waals surface area contributed by atoms with Crippen LogP contribution in [0.3, 0.4) is 0 Å². The van der Waals surface area contributed by atoms with E-state index in [9.17, 15) is 24.3 Å². The summed E-state index contributed by atoms with van der Waals surface area (Å²) in [5.41, 5.74) is 1.98. The summed E-state index contributed by atoms with van der Waals surface area (Å²) >= 11 is 0. The zero-order valence-corrected chi connectivity index (χ0v) is 25.2. The fourth-order valence-electron chi connectivity index (χ4n) is 11.4. The number of hydrogen-bond acceptors (Lipinski definition) is 5. The van der Waals surface area contributed by atoms with Crippen molar-refractivity contribution in [3.8, 4) is 0 Å². The summed E-state index contributed by atoms with van der Waals surface area (Å²) in [5.74, 6) is -2.98. The number of fused-ring (bicyclic) bond motifs is 7. The fraction of sp³-hybridized carbons (Fsp3) is 0.818. The minimum absolute atomic E-state index is 0.0197. The van der Waals surface area contributed by atoms with Crippen LogP contribution in [0.5, 0.6) is 0 Å². The molecule has 39 heavy (non-hydrogen) atoms. The molecule has 5 aliphatic rings. The van der Waals surface area contributed by atoms with Crippen molar-refractivity contribution in [1.82, 2.24) is 0 Å². The maximum atomic E-state index is 13.6. The summed E-state index contributed by atoms with van der Waals surface area (Å²) in [6.45, 7) is 17.6. The van der Waals surface area contributed by atoms with Crippen molar-refractivity contribution < 1.29 is 29.0 Å². The van der Waals surface area contributed by atoms with E-state index in [4.69, 9.17) is 4.74 Å². The summed E-state index contributed by atoms with van der Waals surface area (Å²) in [7, 11) is 0. The molecule has 0 bridgehead atoms. The molecule has 5 rings (SSSR count). The Morgan fingerprint density at radius 3 is 2.10 bits per heavy atom. The molecule has 0 aliphatic heterocycles. The number of carboxylic acids is 1. The molecule has 5 aliphatic carbocycles. The summed E-state index contributed by atoms with van der Waals surface area (Å²) < 4.78 is 5.86. The van der Waals surface area contributed by atoms with Crippen LogP contribution >= 0.6 is 0 Å². The molecule has 6 nitrogen and oxygen atoms in total. The first-order valence-corrected chi connectivity index (χ1v) is 15.2.